The summed E-state index contributed by atoms with van der Waals surface area (Å²) >= 11 is -0.335. The zero-order valence-electron chi connectivity index (χ0n) is 11.3. The van der Waals surface area contributed by atoms with E-state index in [1.54, 1.807) is 0 Å². The average Bonchev–Trinajstić information content (AvgIpc) is 2.69. The first-order valence-corrected chi connectivity index (χ1v) is 8.72. The normalized spacial score (nSPS) is 18.3. The number of nitrogens with zero attached hydrogens (tertiary/aromatic N) is 1. The number of thioether (sulfide) groups is 1. The predicted octanol–water partition coefficient (Wildman–Crippen LogP) is 2.27. The van der Waals surface area contributed by atoms with Crippen LogP contribution in [-0.4, -0.2) is 43.0 Å². The number of anilines is 1. The molecule has 0 bridgehead atoms. The number of amides is 1. The Morgan fingerprint density at radius 3 is 2.59 bits per heavy atom. The van der Waals surface area contributed by atoms with Crippen LogP contribution < -0.4 is 5.32 Å². The van der Waals surface area contributed by atoms with Crippen molar-refractivity contribution in [2.45, 2.75) is 16.8 Å². The van der Waals surface area contributed by atoms with Crippen molar-refractivity contribution in [1.82, 2.24) is 4.31 Å². The number of halogens is 3. The van der Waals surface area contributed by atoms with Crippen molar-refractivity contribution in [3.05, 3.63) is 24.3 Å². The molecule has 2 rings (SSSR count). The van der Waals surface area contributed by atoms with Crippen molar-refractivity contribution in [2.24, 2.45) is 0 Å². The number of carbonyl (C=O) groups is 1. The summed E-state index contributed by atoms with van der Waals surface area (Å²) in [6.45, 7) is -0.151. The Morgan fingerprint density at radius 1 is 1.32 bits per heavy atom. The highest BCUT2D eigenvalue weighted by Gasteiger charge is 2.32. The predicted molar refractivity (Wildman–Crippen MR) is 77.0 cm³/mol. The summed E-state index contributed by atoms with van der Waals surface area (Å²) in [6, 6.07) is 5.49. The van der Waals surface area contributed by atoms with Crippen molar-refractivity contribution in [3.8, 4) is 0 Å². The van der Waals surface area contributed by atoms with Crippen LogP contribution in [0.2, 0.25) is 0 Å². The highest BCUT2D eigenvalue weighted by Crippen LogP contribution is 2.40. The summed E-state index contributed by atoms with van der Waals surface area (Å²) in [5, 5.41) is 2.33. The number of nitrogens with one attached hydrogen (secondary N) is 1. The van der Waals surface area contributed by atoms with Crippen LogP contribution in [0.1, 0.15) is 6.42 Å². The van der Waals surface area contributed by atoms with Gasteiger partial charge in [-0.1, -0.05) is 12.1 Å². The van der Waals surface area contributed by atoms with E-state index in [1.165, 1.54) is 24.3 Å². The fourth-order valence-electron chi connectivity index (χ4n) is 2.00. The van der Waals surface area contributed by atoms with Gasteiger partial charge < -0.3 is 5.32 Å². The quantitative estimate of drug-likeness (QED) is 0.843. The third-order valence-electron chi connectivity index (χ3n) is 2.91. The van der Waals surface area contributed by atoms with Crippen molar-refractivity contribution in [2.75, 3.05) is 24.2 Å². The largest absolute Gasteiger partial charge is 0.446 e. The Morgan fingerprint density at radius 2 is 2.00 bits per heavy atom. The number of carbonyl (C=O) groups excluding carboxylic acids is 1. The molecular formula is C12H13F3N2O3S2. The fourth-order valence-corrected chi connectivity index (χ4v) is 4.10. The van der Waals surface area contributed by atoms with Crippen LogP contribution >= 0.6 is 11.8 Å². The van der Waals surface area contributed by atoms with Gasteiger partial charge in [0.25, 0.3) is 0 Å². The van der Waals surface area contributed by atoms with E-state index in [-0.39, 0.29) is 34.6 Å². The smallest absolute Gasteiger partial charge is 0.324 e. The molecular weight excluding hydrogens is 341 g/mol. The number of para-hydroxylation sites is 1. The highest BCUT2D eigenvalue weighted by atomic mass is 32.2. The van der Waals surface area contributed by atoms with Crippen molar-refractivity contribution in [1.29, 1.82) is 0 Å². The van der Waals surface area contributed by atoms with Crippen LogP contribution in [0.5, 0.6) is 0 Å². The van der Waals surface area contributed by atoms with E-state index < -0.39 is 28.0 Å². The molecule has 1 heterocycles. The van der Waals surface area contributed by atoms with Crippen molar-refractivity contribution in [3.63, 3.8) is 0 Å². The molecule has 1 saturated heterocycles. The van der Waals surface area contributed by atoms with Gasteiger partial charge in [-0.3, -0.25) is 4.79 Å². The lowest BCUT2D eigenvalue weighted by Gasteiger charge is -2.15. The molecule has 122 valence electrons. The van der Waals surface area contributed by atoms with Gasteiger partial charge in [0.05, 0.1) is 18.0 Å². The lowest BCUT2D eigenvalue weighted by atomic mass is 10.3. The number of sulfonamides is 1. The minimum Gasteiger partial charge on any atom is -0.324 e. The highest BCUT2D eigenvalue weighted by molar-refractivity contribution is 8.00. The average molecular weight is 354 g/mol. The molecule has 0 unspecified atom stereocenters. The van der Waals surface area contributed by atoms with Crippen LogP contribution in [0.15, 0.2) is 29.2 Å². The number of alkyl halides is 3. The van der Waals surface area contributed by atoms with Gasteiger partial charge in [0.2, 0.25) is 15.9 Å². The standard InChI is InChI=1S/C12H13F3N2O3S2/c13-12(14,15)21-10-5-2-1-4-9(10)16-11(18)8-17-6-3-7-22(17,19)20/h1-2,4-5H,3,6-8H2,(H,16,18). The zero-order chi connectivity index (χ0) is 16.4. The van der Waals surface area contributed by atoms with E-state index in [4.69, 9.17) is 0 Å². The molecule has 1 N–H and O–H groups in total. The summed E-state index contributed by atoms with van der Waals surface area (Å²) in [6.07, 6.45) is 0.441. The molecule has 0 spiro atoms. The maximum atomic E-state index is 12.5. The molecule has 0 aromatic heterocycles. The van der Waals surface area contributed by atoms with Crippen molar-refractivity contribution < 1.29 is 26.4 Å². The first-order chi connectivity index (χ1) is 10.2. The Balaban J connectivity index is 2.06. The molecule has 0 saturated carbocycles. The number of hydrogen-bond donors (Lipinski definition) is 1. The molecule has 1 aromatic carbocycles. The minimum absolute atomic E-state index is 0.00594. The topological polar surface area (TPSA) is 66.5 Å². The van der Waals surface area contributed by atoms with Gasteiger partial charge in [-0.05, 0) is 30.3 Å². The van der Waals surface area contributed by atoms with Gasteiger partial charge in [-0.2, -0.15) is 17.5 Å². The summed E-state index contributed by atoms with van der Waals surface area (Å²) in [5.41, 5.74) is -4.47. The molecule has 5 nitrogen and oxygen atoms in total. The fraction of sp³-hybridized carbons (Fsp3) is 0.417. The van der Waals surface area contributed by atoms with E-state index in [1.807, 2.05) is 0 Å². The summed E-state index contributed by atoms with van der Waals surface area (Å²) < 4.78 is 61.6. The number of rotatable bonds is 4. The van der Waals surface area contributed by atoms with Gasteiger partial charge in [-0.25, -0.2) is 8.42 Å². The SMILES string of the molecule is O=C(CN1CCCS1(=O)=O)Nc1ccccc1SC(F)(F)F. The third kappa shape index (κ3) is 4.62. The second kappa shape index (κ2) is 6.47. The van der Waals surface area contributed by atoms with Crippen LogP contribution in [-0.2, 0) is 14.8 Å². The first-order valence-electron chi connectivity index (χ1n) is 6.30. The van der Waals surface area contributed by atoms with Gasteiger partial charge in [0.1, 0.15) is 0 Å². The Hall–Kier alpha value is -1.26. The Kier molecular flexibility index (Phi) is 5.03. The van der Waals surface area contributed by atoms with Crippen LogP contribution in [0.3, 0.4) is 0 Å². The molecule has 0 aliphatic carbocycles. The maximum Gasteiger partial charge on any atom is 0.446 e. The molecule has 1 aliphatic heterocycles. The molecule has 22 heavy (non-hydrogen) atoms. The minimum atomic E-state index is -4.47. The van der Waals surface area contributed by atoms with Crippen LogP contribution in [0, 0.1) is 0 Å². The monoisotopic (exact) mass is 354 g/mol. The zero-order valence-corrected chi connectivity index (χ0v) is 12.9. The van der Waals surface area contributed by atoms with Gasteiger partial charge >= 0.3 is 5.51 Å². The molecule has 1 amide bonds. The lowest BCUT2D eigenvalue weighted by molar-refractivity contribution is -0.116. The van der Waals surface area contributed by atoms with Crippen LogP contribution in [0.25, 0.3) is 0 Å². The van der Waals surface area contributed by atoms with E-state index >= 15 is 0 Å². The second-order valence-electron chi connectivity index (χ2n) is 4.60. The molecule has 1 fully saturated rings. The number of hydrogen-bond acceptors (Lipinski definition) is 4. The molecule has 1 aliphatic rings. The number of benzene rings is 1. The molecule has 0 radical (unpaired) electrons. The summed E-state index contributed by atoms with van der Waals surface area (Å²) in [4.78, 5) is 11.7. The van der Waals surface area contributed by atoms with Gasteiger partial charge in [0, 0.05) is 11.4 Å². The van der Waals surface area contributed by atoms with E-state index in [0.29, 0.717) is 6.42 Å². The van der Waals surface area contributed by atoms with E-state index in [0.717, 1.165) is 4.31 Å². The van der Waals surface area contributed by atoms with Gasteiger partial charge in [-0.15, -0.1) is 0 Å². The van der Waals surface area contributed by atoms with E-state index in [9.17, 15) is 26.4 Å². The van der Waals surface area contributed by atoms with Gasteiger partial charge in [0.15, 0.2) is 0 Å². The van der Waals surface area contributed by atoms with Crippen LogP contribution in [0.4, 0.5) is 18.9 Å². The lowest BCUT2D eigenvalue weighted by Crippen LogP contribution is -2.34. The Labute approximate surface area is 129 Å². The first kappa shape index (κ1) is 17.1. The summed E-state index contributed by atoms with van der Waals surface area (Å²) in [5.74, 6) is -0.679. The van der Waals surface area contributed by atoms with Crippen molar-refractivity contribution >= 4 is 33.4 Å². The molecule has 0 atom stereocenters. The Bertz CT molecular complexity index is 662. The van der Waals surface area contributed by atoms with E-state index in [2.05, 4.69) is 5.32 Å². The maximum absolute atomic E-state index is 12.5. The molecule has 10 heteroatoms. The summed E-state index contributed by atoms with van der Waals surface area (Å²) in [7, 11) is -3.43. The second-order valence-corrected chi connectivity index (χ2v) is 7.79. The molecule has 1 aromatic rings. The third-order valence-corrected chi connectivity index (χ3v) is 5.62.